The zero-order chi connectivity index (χ0) is 14.4. The van der Waals surface area contributed by atoms with Crippen molar-refractivity contribution in [3.05, 3.63) is 22.4 Å². The summed E-state index contributed by atoms with van der Waals surface area (Å²) in [5.41, 5.74) is 0. The third kappa shape index (κ3) is 4.71. The third-order valence-electron chi connectivity index (χ3n) is 3.01. The fraction of sp³-hybridized carbons (Fsp3) is 0.538. The lowest BCUT2D eigenvalue weighted by atomic mass is 10.2. The van der Waals surface area contributed by atoms with Crippen molar-refractivity contribution in [2.45, 2.75) is 18.2 Å². The average Bonchev–Trinajstić information content (AvgIpc) is 2.91. The summed E-state index contributed by atoms with van der Waals surface area (Å²) in [6.45, 7) is 0.668. The first kappa shape index (κ1) is 15.7. The van der Waals surface area contributed by atoms with Crippen molar-refractivity contribution >= 4 is 46.7 Å². The highest BCUT2D eigenvalue weighted by molar-refractivity contribution is 7.99. The maximum atomic E-state index is 12.2. The molecule has 1 amide bonds. The molecule has 0 aromatic carbocycles. The van der Waals surface area contributed by atoms with E-state index in [1.807, 2.05) is 11.4 Å². The Bertz CT molecular complexity index is 450. The van der Waals surface area contributed by atoms with Gasteiger partial charge in [-0.1, -0.05) is 6.07 Å². The van der Waals surface area contributed by atoms with Gasteiger partial charge < -0.3 is 10.0 Å². The van der Waals surface area contributed by atoms with E-state index in [0.717, 1.165) is 17.3 Å². The van der Waals surface area contributed by atoms with Gasteiger partial charge in [0.2, 0.25) is 5.91 Å². The van der Waals surface area contributed by atoms with Crippen LogP contribution in [0.15, 0.2) is 17.5 Å². The number of rotatable bonds is 6. The quantitative estimate of drug-likeness (QED) is 0.867. The van der Waals surface area contributed by atoms with Gasteiger partial charge in [-0.05, 0) is 11.4 Å². The van der Waals surface area contributed by atoms with Crippen molar-refractivity contribution in [2.24, 2.45) is 0 Å². The summed E-state index contributed by atoms with van der Waals surface area (Å²) in [6.07, 6.45) is 0.0499. The summed E-state index contributed by atoms with van der Waals surface area (Å²) >= 11 is 5.02. The first-order chi connectivity index (χ1) is 9.66. The van der Waals surface area contributed by atoms with E-state index in [1.54, 1.807) is 39.8 Å². The van der Waals surface area contributed by atoms with Crippen molar-refractivity contribution in [1.82, 2.24) is 4.90 Å². The largest absolute Gasteiger partial charge is 0.481 e. The molecule has 1 aliphatic rings. The first-order valence-corrected chi connectivity index (χ1v) is 9.55. The standard InChI is InChI=1S/C13H17NO3S3/c15-12(9-19-8-11-2-1-4-20-11)14-3-5-18-7-10(14)6-13(16)17/h1-2,4,10H,3,5-9H2,(H,16,17). The lowest BCUT2D eigenvalue weighted by molar-refractivity contribution is -0.139. The molecule has 2 heterocycles. The molecule has 1 saturated heterocycles. The number of amides is 1. The predicted octanol–water partition coefficient (Wildman–Crippen LogP) is 2.40. The van der Waals surface area contributed by atoms with Crippen molar-refractivity contribution in [3.63, 3.8) is 0 Å². The van der Waals surface area contributed by atoms with Gasteiger partial charge in [0.25, 0.3) is 0 Å². The Morgan fingerprint density at radius 2 is 2.35 bits per heavy atom. The predicted molar refractivity (Wildman–Crippen MR) is 85.6 cm³/mol. The summed E-state index contributed by atoms with van der Waals surface area (Å²) in [5.74, 6) is 2.14. The second kappa shape index (κ2) is 7.95. The first-order valence-electron chi connectivity index (χ1n) is 6.36. The van der Waals surface area contributed by atoms with Crippen LogP contribution in [0.4, 0.5) is 0 Å². The Morgan fingerprint density at radius 3 is 3.05 bits per heavy atom. The number of hydrogen-bond donors (Lipinski definition) is 1. The van der Waals surface area contributed by atoms with Crippen molar-refractivity contribution < 1.29 is 14.7 Å². The zero-order valence-corrected chi connectivity index (χ0v) is 13.4. The summed E-state index contributed by atoms with van der Waals surface area (Å²) in [4.78, 5) is 26.1. The van der Waals surface area contributed by atoms with Crippen LogP contribution in [0.2, 0.25) is 0 Å². The Labute approximate surface area is 130 Å². The maximum absolute atomic E-state index is 12.2. The summed E-state index contributed by atoms with van der Waals surface area (Å²) in [6, 6.07) is 3.92. The smallest absolute Gasteiger partial charge is 0.305 e. The molecule has 110 valence electrons. The molecule has 0 bridgehead atoms. The Balaban J connectivity index is 1.81. The van der Waals surface area contributed by atoms with E-state index in [1.165, 1.54) is 4.88 Å². The molecule has 1 aliphatic heterocycles. The third-order valence-corrected chi connectivity index (χ3v) is 6.13. The SMILES string of the molecule is O=C(O)CC1CSCCN1C(=O)CSCc1cccs1. The van der Waals surface area contributed by atoms with Crippen LogP contribution in [-0.4, -0.2) is 51.7 Å². The lowest BCUT2D eigenvalue weighted by Gasteiger charge is -2.34. The minimum Gasteiger partial charge on any atom is -0.481 e. The molecule has 1 N–H and O–H groups in total. The number of aliphatic carboxylic acids is 1. The molecule has 1 atom stereocenters. The number of carboxylic acid groups (broad SMARTS) is 1. The van der Waals surface area contributed by atoms with Crippen LogP contribution in [0.1, 0.15) is 11.3 Å². The molecule has 0 radical (unpaired) electrons. The number of hydrogen-bond acceptors (Lipinski definition) is 5. The van der Waals surface area contributed by atoms with Gasteiger partial charge in [0.15, 0.2) is 0 Å². The van der Waals surface area contributed by atoms with Crippen molar-refractivity contribution in [2.75, 3.05) is 23.8 Å². The van der Waals surface area contributed by atoms with E-state index >= 15 is 0 Å². The van der Waals surface area contributed by atoms with Gasteiger partial charge in [0.05, 0.1) is 18.2 Å². The van der Waals surface area contributed by atoms with E-state index in [2.05, 4.69) is 6.07 Å². The molecular weight excluding hydrogens is 314 g/mol. The average molecular weight is 331 g/mol. The van der Waals surface area contributed by atoms with Crippen LogP contribution in [-0.2, 0) is 15.3 Å². The highest BCUT2D eigenvalue weighted by Crippen LogP contribution is 2.22. The fourth-order valence-corrected chi connectivity index (χ4v) is 4.88. The van der Waals surface area contributed by atoms with E-state index in [4.69, 9.17) is 5.11 Å². The molecular formula is C13H17NO3S3. The van der Waals surface area contributed by atoms with Gasteiger partial charge in [-0.3, -0.25) is 9.59 Å². The number of thioether (sulfide) groups is 2. The molecule has 0 aliphatic carbocycles. The van der Waals surface area contributed by atoms with Crippen LogP contribution in [0.25, 0.3) is 0 Å². The highest BCUT2D eigenvalue weighted by atomic mass is 32.2. The van der Waals surface area contributed by atoms with E-state index in [9.17, 15) is 9.59 Å². The molecule has 1 unspecified atom stereocenters. The summed E-state index contributed by atoms with van der Waals surface area (Å²) in [5, 5.41) is 10.9. The van der Waals surface area contributed by atoms with Gasteiger partial charge >= 0.3 is 5.97 Å². The van der Waals surface area contributed by atoms with Gasteiger partial charge in [-0.25, -0.2) is 0 Å². The number of carbonyl (C=O) groups is 2. The van der Waals surface area contributed by atoms with Gasteiger partial charge in [-0.15, -0.1) is 23.1 Å². The maximum Gasteiger partial charge on any atom is 0.305 e. The van der Waals surface area contributed by atoms with Crippen molar-refractivity contribution in [3.8, 4) is 0 Å². The monoisotopic (exact) mass is 331 g/mol. The second-order valence-corrected chi connectivity index (χ2v) is 7.65. The Kier molecular flexibility index (Phi) is 6.25. The van der Waals surface area contributed by atoms with Gasteiger partial charge in [-0.2, -0.15) is 11.8 Å². The highest BCUT2D eigenvalue weighted by Gasteiger charge is 2.28. The Hall–Kier alpha value is -0.660. The fourth-order valence-electron chi connectivity index (χ4n) is 2.07. The number of carbonyl (C=O) groups excluding carboxylic acids is 1. The van der Waals surface area contributed by atoms with Crippen LogP contribution >= 0.6 is 34.9 Å². The van der Waals surface area contributed by atoms with E-state index in [0.29, 0.717) is 12.3 Å². The van der Waals surface area contributed by atoms with Crippen molar-refractivity contribution in [1.29, 1.82) is 0 Å². The molecule has 1 fully saturated rings. The van der Waals surface area contributed by atoms with E-state index < -0.39 is 5.97 Å². The minimum atomic E-state index is -0.832. The van der Waals surface area contributed by atoms with Crippen LogP contribution in [0.5, 0.6) is 0 Å². The molecule has 7 heteroatoms. The second-order valence-electron chi connectivity index (χ2n) is 4.49. The number of thiophene rings is 1. The van der Waals surface area contributed by atoms with Gasteiger partial charge in [0, 0.05) is 28.7 Å². The van der Waals surface area contributed by atoms with Gasteiger partial charge in [0.1, 0.15) is 0 Å². The molecule has 20 heavy (non-hydrogen) atoms. The Morgan fingerprint density at radius 1 is 1.50 bits per heavy atom. The molecule has 2 rings (SSSR count). The molecule has 1 aromatic heterocycles. The normalized spacial score (nSPS) is 19.0. The summed E-state index contributed by atoms with van der Waals surface area (Å²) in [7, 11) is 0. The number of nitrogens with zero attached hydrogens (tertiary/aromatic N) is 1. The number of carboxylic acids is 1. The van der Waals surface area contributed by atoms with Crippen LogP contribution in [0.3, 0.4) is 0 Å². The summed E-state index contributed by atoms with van der Waals surface area (Å²) < 4.78 is 0. The molecule has 0 saturated carbocycles. The topological polar surface area (TPSA) is 57.6 Å². The van der Waals surface area contributed by atoms with Crippen LogP contribution in [0, 0.1) is 0 Å². The van der Waals surface area contributed by atoms with Crippen LogP contribution < -0.4 is 0 Å². The molecule has 1 aromatic rings. The van der Waals surface area contributed by atoms with E-state index in [-0.39, 0.29) is 18.4 Å². The minimum absolute atomic E-state index is 0.0499. The molecule has 4 nitrogen and oxygen atoms in total. The lowest BCUT2D eigenvalue weighted by Crippen LogP contribution is -2.47. The molecule has 0 spiro atoms. The zero-order valence-electron chi connectivity index (χ0n) is 11.0.